The van der Waals surface area contributed by atoms with Gasteiger partial charge in [-0.3, -0.25) is 0 Å². The van der Waals surface area contributed by atoms with Crippen LogP contribution < -0.4 is 10.1 Å². The molecule has 0 heterocycles. The molecule has 0 aromatic heterocycles. The fourth-order valence-electron chi connectivity index (χ4n) is 2.14. The van der Waals surface area contributed by atoms with E-state index in [1.165, 1.54) is 31.4 Å². The molecule has 2 nitrogen and oxygen atoms in total. The third kappa shape index (κ3) is 2.77. The SMILES string of the molecule is CNC(c1ccc(F)cc1F)c1cc(F)ccc1OC. The van der Waals surface area contributed by atoms with E-state index in [1.54, 1.807) is 7.05 Å². The number of methoxy groups -OCH3 is 1. The van der Waals surface area contributed by atoms with Gasteiger partial charge in [0.25, 0.3) is 0 Å². The van der Waals surface area contributed by atoms with Crippen LogP contribution in [0.3, 0.4) is 0 Å². The first-order valence-electron chi connectivity index (χ1n) is 6.02. The van der Waals surface area contributed by atoms with Crippen molar-refractivity contribution in [2.24, 2.45) is 0 Å². The minimum absolute atomic E-state index is 0.220. The van der Waals surface area contributed by atoms with Crippen LogP contribution in [0.4, 0.5) is 13.2 Å². The van der Waals surface area contributed by atoms with Crippen LogP contribution in [-0.4, -0.2) is 14.2 Å². The molecule has 106 valence electrons. The average Bonchev–Trinajstić information content (AvgIpc) is 2.42. The van der Waals surface area contributed by atoms with Crippen LogP contribution in [0.5, 0.6) is 5.75 Å². The Morgan fingerprint density at radius 1 is 0.950 bits per heavy atom. The number of rotatable bonds is 4. The van der Waals surface area contributed by atoms with Crippen molar-refractivity contribution < 1.29 is 17.9 Å². The molecular formula is C15H14F3NO. The molecule has 2 rings (SSSR count). The highest BCUT2D eigenvalue weighted by molar-refractivity contribution is 5.42. The van der Waals surface area contributed by atoms with E-state index in [9.17, 15) is 13.2 Å². The third-order valence-corrected chi connectivity index (χ3v) is 3.06. The molecule has 20 heavy (non-hydrogen) atoms. The van der Waals surface area contributed by atoms with Crippen molar-refractivity contribution in [3.63, 3.8) is 0 Å². The van der Waals surface area contributed by atoms with Crippen molar-refractivity contribution in [1.29, 1.82) is 0 Å². The molecule has 0 aliphatic carbocycles. The maximum atomic E-state index is 13.9. The number of halogens is 3. The molecule has 5 heteroatoms. The highest BCUT2D eigenvalue weighted by atomic mass is 19.1. The molecule has 0 aliphatic heterocycles. The molecule has 1 atom stereocenters. The van der Waals surface area contributed by atoms with Gasteiger partial charge in [0.15, 0.2) is 0 Å². The molecule has 0 fully saturated rings. The van der Waals surface area contributed by atoms with Gasteiger partial charge in [-0.2, -0.15) is 0 Å². The van der Waals surface area contributed by atoms with Gasteiger partial charge in [0.05, 0.1) is 13.2 Å². The normalized spacial score (nSPS) is 12.2. The molecule has 2 aromatic rings. The highest BCUT2D eigenvalue weighted by Gasteiger charge is 2.20. The maximum absolute atomic E-state index is 13.9. The van der Waals surface area contributed by atoms with Crippen LogP contribution in [-0.2, 0) is 0 Å². The fraction of sp³-hybridized carbons (Fsp3) is 0.200. The van der Waals surface area contributed by atoms with Gasteiger partial charge in [-0.15, -0.1) is 0 Å². The van der Waals surface area contributed by atoms with Crippen LogP contribution in [0.15, 0.2) is 36.4 Å². The van der Waals surface area contributed by atoms with E-state index < -0.39 is 23.5 Å². The fourth-order valence-corrected chi connectivity index (χ4v) is 2.14. The second-order valence-corrected chi connectivity index (χ2v) is 4.27. The summed E-state index contributed by atoms with van der Waals surface area (Å²) in [5.41, 5.74) is 0.665. The second-order valence-electron chi connectivity index (χ2n) is 4.27. The summed E-state index contributed by atoms with van der Waals surface area (Å²) in [6.45, 7) is 0. The Morgan fingerprint density at radius 2 is 1.60 bits per heavy atom. The van der Waals surface area contributed by atoms with Crippen LogP contribution in [0.25, 0.3) is 0 Å². The quantitative estimate of drug-likeness (QED) is 0.927. The first-order valence-corrected chi connectivity index (χ1v) is 6.02. The molecule has 0 saturated carbocycles. The zero-order chi connectivity index (χ0) is 14.7. The van der Waals surface area contributed by atoms with E-state index in [0.717, 1.165) is 12.1 Å². The Hall–Kier alpha value is -2.01. The Bertz CT molecular complexity index is 616. The lowest BCUT2D eigenvalue weighted by molar-refractivity contribution is 0.403. The molecule has 0 bridgehead atoms. The van der Waals surface area contributed by atoms with Gasteiger partial charge < -0.3 is 10.1 Å². The summed E-state index contributed by atoms with van der Waals surface area (Å²) >= 11 is 0. The summed E-state index contributed by atoms with van der Waals surface area (Å²) in [5, 5.41) is 2.89. The predicted molar refractivity (Wildman–Crippen MR) is 70.2 cm³/mol. The van der Waals surface area contributed by atoms with E-state index in [-0.39, 0.29) is 5.56 Å². The predicted octanol–water partition coefficient (Wildman–Crippen LogP) is 3.42. The smallest absolute Gasteiger partial charge is 0.131 e. The number of hydrogen-bond acceptors (Lipinski definition) is 2. The Kier molecular flexibility index (Phi) is 4.29. The van der Waals surface area contributed by atoms with Crippen molar-refractivity contribution in [2.45, 2.75) is 6.04 Å². The van der Waals surface area contributed by atoms with Crippen molar-refractivity contribution in [1.82, 2.24) is 5.32 Å². The average molecular weight is 281 g/mol. The monoisotopic (exact) mass is 281 g/mol. The summed E-state index contributed by atoms with van der Waals surface area (Å²) < 4.78 is 45.5. The minimum atomic E-state index is -0.698. The minimum Gasteiger partial charge on any atom is -0.496 e. The van der Waals surface area contributed by atoms with Crippen molar-refractivity contribution in [3.8, 4) is 5.75 Å². The summed E-state index contributed by atoms with van der Waals surface area (Å²) in [7, 11) is 3.06. The number of ether oxygens (including phenoxy) is 1. The molecule has 0 saturated heterocycles. The molecule has 0 aliphatic rings. The van der Waals surface area contributed by atoms with E-state index >= 15 is 0 Å². The highest BCUT2D eigenvalue weighted by Crippen LogP contribution is 2.31. The van der Waals surface area contributed by atoms with Crippen molar-refractivity contribution >= 4 is 0 Å². The molecular weight excluding hydrogens is 267 g/mol. The van der Waals surface area contributed by atoms with Gasteiger partial charge in [0, 0.05) is 17.2 Å². The Balaban J connectivity index is 2.54. The summed E-state index contributed by atoms with van der Waals surface area (Å²) in [4.78, 5) is 0. The van der Waals surface area contributed by atoms with Gasteiger partial charge in [-0.1, -0.05) is 6.07 Å². The topological polar surface area (TPSA) is 21.3 Å². The number of nitrogens with one attached hydrogen (secondary N) is 1. The lowest BCUT2D eigenvalue weighted by Crippen LogP contribution is -2.20. The summed E-state index contributed by atoms with van der Waals surface area (Å²) in [6.07, 6.45) is 0. The Labute approximate surface area is 115 Å². The Morgan fingerprint density at radius 3 is 2.20 bits per heavy atom. The zero-order valence-corrected chi connectivity index (χ0v) is 11.1. The molecule has 1 unspecified atom stereocenters. The van der Waals surface area contributed by atoms with Crippen LogP contribution in [0.1, 0.15) is 17.2 Å². The molecule has 0 radical (unpaired) electrons. The standard InChI is InChI=1S/C15H14F3NO/c1-19-15(11-5-3-10(17)8-13(11)18)12-7-9(16)4-6-14(12)20-2/h3-8,15,19H,1-2H3. The van der Waals surface area contributed by atoms with Gasteiger partial charge in [-0.25, -0.2) is 13.2 Å². The third-order valence-electron chi connectivity index (χ3n) is 3.06. The molecule has 1 N–H and O–H groups in total. The van der Waals surface area contributed by atoms with Crippen LogP contribution in [0, 0.1) is 17.5 Å². The lowest BCUT2D eigenvalue weighted by Gasteiger charge is -2.20. The second kappa shape index (κ2) is 5.96. The lowest BCUT2D eigenvalue weighted by atomic mass is 9.97. The van der Waals surface area contributed by atoms with E-state index in [1.807, 2.05) is 0 Å². The maximum Gasteiger partial charge on any atom is 0.131 e. The number of hydrogen-bond donors (Lipinski definition) is 1. The van der Waals surface area contributed by atoms with Crippen LogP contribution in [0.2, 0.25) is 0 Å². The molecule has 0 amide bonds. The van der Waals surface area contributed by atoms with Gasteiger partial charge in [0.2, 0.25) is 0 Å². The van der Waals surface area contributed by atoms with Gasteiger partial charge in [-0.05, 0) is 31.3 Å². The van der Waals surface area contributed by atoms with E-state index in [0.29, 0.717) is 11.3 Å². The summed E-state index contributed by atoms with van der Waals surface area (Å²) in [6, 6.07) is 6.65. The first kappa shape index (κ1) is 14.4. The molecule has 2 aromatic carbocycles. The van der Waals surface area contributed by atoms with Crippen molar-refractivity contribution in [3.05, 3.63) is 65.0 Å². The summed E-state index contributed by atoms with van der Waals surface area (Å²) in [5.74, 6) is -1.39. The van der Waals surface area contributed by atoms with Gasteiger partial charge >= 0.3 is 0 Å². The zero-order valence-electron chi connectivity index (χ0n) is 11.1. The molecule has 0 spiro atoms. The largest absolute Gasteiger partial charge is 0.496 e. The van der Waals surface area contributed by atoms with Gasteiger partial charge in [0.1, 0.15) is 23.2 Å². The van der Waals surface area contributed by atoms with Crippen molar-refractivity contribution in [2.75, 3.05) is 14.2 Å². The van der Waals surface area contributed by atoms with E-state index in [4.69, 9.17) is 4.74 Å². The number of benzene rings is 2. The van der Waals surface area contributed by atoms with Crippen LogP contribution >= 0.6 is 0 Å². The first-order chi connectivity index (χ1) is 9.56. The van der Waals surface area contributed by atoms with E-state index in [2.05, 4.69) is 5.32 Å².